The van der Waals surface area contributed by atoms with Crippen molar-refractivity contribution in [2.75, 3.05) is 38.6 Å². The Kier molecular flexibility index (Phi) is 4.38. The molecule has 1 aromatic rings. The molecule has 1 aliphatic heterocycles. The summed E-state index contributed by atoms with van der Waals surface area (Å²) < 4.78 is 7.11. The summed E-state index contributed by atoms with van der Waals surface area (Å²) in [6.45, 7) is 7.10. The minimum absolute atomic E-state index is 0.0910. The van der Waals surface area contributed by atoms with Gasteiger partial charge in [0.15, 0.2) is 0 Å². The fourth-order valence-corrected chi connectivity index (χ4v) is 2.25. The number of hydrogen-bond acceptors (Lipinski definition) is 4. The molecule has 2 N–H and O–H groups in total. The third-order valence-corrected chi connectivity index (χ3v) is 3.22. The molecular formula is C13H21N3O2. The Balaban J connectivity index is 1.99. The Hall–Kier alpha value is -1.33. The van der Waals surface area contributed by atoms with Crippen LogP contribution in [-0.2, 0) is 11.3 Å². The van der Waals surface area contributed by atoms with Crippen LogP contribution < -0.4 is 11.3 Å². The van der Waals surface area contributed by atoms with Crippen LogP contribution in [0.15, 0.2) is 17.1 Å². The van der Waals surface area contributed by atoms with Gasteiger partial charge in [0.1, 0.15) is 0 Å². The Morgan fingerprint density at radius 3 is 3.00 bits per heavy atom. The number of nitrogens with two attached hydrogens (primary N) is 1. The second-order valence-corrected chi connectivity index (χ2v) is 4.78. The van der Waals surface area contributed by atoms with E-state index in [2.05, 4.69) is 4.90 Å². The first-order valence-corrected chi connectivity index (χ1v) is 6.43. The number of nitrogens with zero attached hydrogens (tertiary/aromatic N) is 2. The highest BCUT2D eigenvalue weighted by Crippen LogP contribution is 2.02. The molecule has 5 nitrogen and oxygen atoms in total. The first-order chi connectivity index (χ1) is 8.66. The number of hydrogen-bond donors (Lipinski definition) is 1. The lowest BCUT2D eigenvalue weighted by Crippen LogP contribution is -2.33. The normalized spacial score (nSPS) is 17.6. The van der Waals surface area contributed by atoms with Crippen molar-refractivity contribution in [3.8, 4) is 0 Å². The third-order valence-electron chi connectivity index (χ3n) is 3.22. The topological polar surface area (TPSA) is 60.5 Å². The quantitative estimate of drug-likeness (QED) is 0.848. The Bertz CT molecular complexity index is 448. The first-order valence-electron chi connectivity index (χ1n) is 6.43. The van der Waals surface area contributed by atoms with Crippen molar-refractivity contribution in [3.05, 3.63) is 28.2 Å². The molecule has 0 unspecified atom stereocenters. The lowest BCUT2D eigenvalue weighted by molar-refractivity contribution is 0.140. The number of nitrogen functional groups attached to an aromatic ring is 1. The maximum atomic E-state index is 11.9. The van der Waals surface area contributed by atoms with Crippen LogP contribution in [0, 0.1) is 6.92 Å². The molecule has 0 atom stereocenters. The summed E-state index contributed by atoms with van der Waals surface area (Å²) in [5.74, 6) is 0. The predicted octanol–water partition coefficient (Wildman–Crippen LogP) is 0.461. The van der Waals surface area contributed by atoms with E-state index in [9.17, 15) is 4.79 Å². The van der Waals surface area contributed by atoms with Gasteiger partial charge in [-0.3, -0.25) is 9.69 Å². The highest BCUT2D eigenvalue weighted by molar-refractivity contribution is 5.37. The summed E-state index contributed by atoms with van der Waals surface area (Å²) >= 11 is 0. The number of aromatic nitrogens is 1. The minimum Gasteiger partial charge on any atom is -0.394 e. The van der Waals surface area contributed by atoms with E-state index in [0.717, 1.165) is 44.8 Å². The Labute approximate surface area is 107 Å². The molecule has 0 aromatic carbocycles. The van der Waals surface area contributed by atoms with Crippen molar-refractivity contribution in [1.82, 2.24) is 9.47 Å². The van der Waals surface area contributed by atoms with Crippen molar-refractivity contribution in [1.29, 1.82) is 0 Å². The van der Waals surface area contributed by atoms with Gasteiger partial charge in [-0.1, -0.05) is 0 Å². The van der Waals surface area contributed by atoms with Gasteiger partial charge >= 0.3 is 0 Å². The average molecular weight is 251 g/mol. The predicted molar refractivity (Wildman–Crippen MR) is 71.7 cm³/mol. The smallest absolute Gasteiger partial charge is 0.273 e. The molecule has 0 aliphatic carbocycles. The summed E-state index contributed by atoms with van der Waals surface area (Å²) in [5, 5.41) is 0. The fraction of sp³-hybridized carbons (Fsp3) is 0.615. The van der Waals surface area contributed by atoms with Crippen LogP contribution >= 0.6 is 0 Å². The number of rotatable bonds is 3. The van der Waals surface area contributed by atoms with Crippen LogP contribution in [0.2, 0.25) is 0 Å². The van der Waals surface area contributed by atoms with E-state index in [0.29, 0.717) is 12.2 Å². The highest BCUT2D eigenvalue weighted by atomic mass is 16.5. The van der Waals surface area contributed by atoms with Gasteiger partial charge in [-0.05, 0) is 25.0 Å². The van der Waals surface area contributed by atoms with E-state index >= 15 is 0 Å². The molecule has 0 saturated carbocycles. The van der Waals surface area contributed by atoms with Gasteiger partial charge in [-0.2, -0.15) is 0 Å². The third kappa shape index (κ3) is 3.34. The van der Waals surface area contributed by atoms with Crippen molar-refractivity contribution in [2.24, 2.45) is 0 Å². The zero-order valence-electron chi connectivity index (χ0n) is 10.9. The van der Waals surface area contributed by atoms with E-state index in [4.69, 9.17) is 10.5 Å². The molecule has 1 fully saturated rings. The zero-order valence-corrected chi connectivity index (χ0v) is 10.9. The van der Waals surface area contributed by atoms with Crippen molar-refractivity contribution in [2.45, 2.75) is 19.9 Å². The Morgan fingerprint density at radius 1 is 1.33 bits per heavy atom. The summed E-state index contributed by atoms with van der Waals surface area (Å²) in [6, 6.07) is 1.72. The van der Waals surface area contributed by atoms with Gasteiger partial charge in [0.25, 0.3) is 5.56 Å². The molecule has 0 bridgehead atoms. The van der Waals surface area contributed by atoms with Crippen LogP contribution in [0.5, 0.6) is 0 Å². The molecular weight excluding hydrogens is 230 g/mol. The van der Waals surface area contributed by atoms with Gasteiger partial charge in [-0.25, -0.2) is 0 Å². The highest BCUT2D eigenvalue weighted by Gasteiger charge is 2.09. The van der Waals surface area contributed by atoms with Crippen LogP contribution in [0.3, 0.4) is 0 Å². The SMILES string of the molecule is Cc1cc(N)c(=O)n(CCN2CCCOCC2)c1. The molecule has 1 aliphatic rings. The van der Waals surface area contributed by atoms with Gasteiger partial charge in [-0.15, -0.1) is 0 Å². The van der Waals surface area contributed by atoms with E-state index in [-0.39, 0.29) is 5.56 Å². The number of pyridine rings is 1. The average Bonchev–Trinajstić information content (AvgIpc) is 2.60. The lowest BCUT2D eigenvalue weighted by Gasteiger charge is -2.19. The zero-order chi connectivity index (χ0) is 13.0. The van der Waals surface area contributed by atoms with Crippen LogP contribution in [0.1, 0.15) is 12.0 Å². The molecule has 1 saturated heterocycles. The summed E-state index contributed by atoms with van der Waals surface area (Å²) in [6.07, 6.45) is 2.93. The van der Waals surface area contributed by atoms with Crippen molar-refractivity contribution in [3.63, 3.8) is 0 Å². The van der Waals surface area contributed by atoms with Gasteiger partial charge in [0, 0.05) is 39.0 Å². The molecule has 100 valence electrons. The number of ether oxygens (including phenoxy) is 1. The first kappa shape index (κ1) is 13.1. The fourth-order valence-electron chi connectivity index (χ4n) is 2.25. The minimum atomic E-state index is -0.0910. The molecule has 1 aromatic heterocycles. The standard InChI is InChI=1S/C13H21N3O2/c1-11-9-12(14)13(17)16(10-11)5-4-15-3-2-7-18-8-6-15/h9-10H,2-8,14H2,1H3. The maximum absolute atomic E-state index is 11.9. The summed E-state index contributed by atoms with van der Waals surface area (Å²) in [5.41, 5.74) is 6.94. The molecule has 0 radical (unpaired) electrons. The summed E-state index contributed by atoms with van der Waals surface area (Å²) in [4.78, 5) is 14.2. The molecule has 18 heavy (non-hydrogen) atoms. The molecule has 0 spiro atoms. The largest absolute Gasteiger partial charge is 0.394 e. The number of aryl methyl sites for hydroxylation is 1. The van der Waals surface area contributed by atoms with E-state index in [1.54, 1.807) is 10.6 Å². The maximum Gasteiger partial charge on any atom is 0.273 e. The van der Waals surface area contributed by atoms with Crippen molar-refractivity contribution < 1.29 is 4.74 Å². The molecule has 5 heteroatoms. The Morgan fingerprint density at radius 2 is 2.17 bits per heavy atom. The second-order valence-electron chi connectivity index (χ2n) is 4.78. The lowest BCUT2D eigenvalue weighted by atomic mass is 10.3. The van der Waals surface area contributed by atoms with Crippen molar-refractivity contribution >= 4 is 5.69 Å². The van der Waals surface area contributed by atoms with Crippen LogP contribution in [0.4, 0.5) is 5.69 Å². The molecule has 2 rings (SSSR count). The van der Waals surface area contributed by atoms with Crippen LogP contribution in [-0.4, -0.2) is 42.3 Å². The summed E-state index contributed by atoms with van der Waals surface area (Å²) in [7, 11) is 0. The van der Waals surface area contributed by atoms with E-state index in [1.807, 2.05) is 13.1 Å². The van der Waals surface area contributed by atoms with E-state index in [1.165, 1.54) is 0 Å². The van der Waals surface area contributed by atoms with E-state index < -0.39 is 0 Å². The van der Waals surface area contributed by atoms with Crippen LogP contribution in [0.25, 0.3) is 0 Å². The molecule has 0 amide bonds. The van der Waals surface area contributed by atoms with Gasteiger partial charge < -0.3 is 15.0 Å². The molecule has 2 heterocycles. The van der Waals surface area contributed by atoms with Gasteiger partial charge in [0.05, 0.1) is 12.3 Å². The monoisotopic (exact) mass is 251 g/mol. The second kappa shape index (κ2) is 6.02. The number of anilines is 1. The van der Waals surface area contributed by atoms with Gasteiger partial charge in [0.2, 0.25) is 0 Å².